The fraction of sp³-hybridized carbons (Fsp3) is 0.0435. The van der Waals surface area contributed by atoms with Crippen molar-refractivity contribution in [3.8, 4) is 0 Å². The average molecular weight is 372 g/mol. The van der Waals surface area contributed by atoms with Crippen LogP contribution in [0.1, 0.15) is 15.9 Å². The van der Waals surface area contributed by atoms with E-state index in [1.54, 1.807) is 37.3 Å². The van der Waals surface area contributed by atoms with Gasteiger partial charge in [0.1, 0.15) is 17.0 Å². The summed E-state index contributed by atoms with van der Waals surface area (Å²) in [5.74, 6) is -0.644. The molecule has 3 aromatic carbocycles. The first-order valence-electron chi connectivity index (χ1n) is 8.80. The fourth-order valence-corrected chi connectivity index (χ4v) is 2.85. The second-order valence-electron chi connectivity index (χ2n) is 6.37. The number of carbonyl (C=O) groups excluding carboxylic acids is 1. The van der Waals surface area contributed by atoms with Gasteiger partial charge in [-0.25, -0.2) is 9.38 Å². The highest BCUT2D eigenvalue weighted by Crippen LogP contribution is 2.18. The molecule has 0 aliphatic heterocycles. The lowest BCUT2D eigenvalue weighted by molar-refractivity contribution is 0.102. The van der Waals surface area contributed by atoms with Gasteiger partial charge in [-0.15, -0.1) is 0 Å². The molecule has 0 bridgehead atoms. The van der Waals surface area contributed by atoms with E-state index >= 15 is 0 Å². The maximum atomic E-state index is 13.6. The van der Waals surface area contributed by atoms with E-state index in [9.17, 15) is 9.18 Å². The minimum absolute atomic E-state index is 0.165. The van der Waals surface area contributed by atoms with Gasteiger partial charge in [0.15, 0.2) is 0 Å². The number of benzene rings is 3. The van der Waals surface area contributed by atoms with Crippen LogP contribution in [0.5, 0.6) is 0 Å². The zero-order chi connectivity index (χ0) is 19.5. The van der Waals surface area contributed by atoms with Crippen molar-refractivity contribution in [1.29, 1.82) is 0 Å². The lowest BCUT2D eigenvalue weighted by atomic mass is 10.1. The molecule has 4 aromatic rings. The Kier molecular flexibility index (Phi) is 4.72. The normalized spacial score (nSPS) is 11.6. The monoisotopic (exact) mass is 372 g/mol. The van der Waals surface area contributed by atoms with E-state index in [4.69, 9.17) is 4.42 Å². The van der Waals surface area contributed by atoms with E-state index in [1.165, 1.54) is 6.07 Å². The Labute approximate surface area is 161 Å². The molecule has 0 atom stereocenters. The number of amides is 1. The number of nitrogens with zero attached hydrogens (tertiary/aromatic N) is 1. The van der Waals surface area contributed by atoms with Crippen LogP contribution in [0, 0.1) is 12.7 Å². The van der Waals surface area contributed by atoms with Crippen LogP contribution in [0.3, 0.4) is 0 Å². The van der Waals surface area contributed by atoms with Gasteiger partial charge in [-0.3, -0.25) is 4.79 Å². The Morgan fingerprint density at radius 3 is 2.50 bits per heavy atom. The van der Waals surface area contributed by atoms with Crippen LogP contribution in [-0.2, 0) is 0 Å². The Bertz CT molecular complexity index is 1230. The number of halogens is 1. The second-order valence-corrected chi connectivity index (χ2v) is 6.37. The molecule has 0 aliphatic rings. The summed E-state index contributed by atoms with van der Waals surface area (Å²) in [7, 11) is 0. The number of nitrogens with one attached hydrogen (secondary N) is 1. The lowest BCUT2D eigenvalue weighted by Crippen LogP contribution is -2.21. The molecule has 0 saturated heterocycles. The van der Waals surface area contributed by atoms with E-state index in [2.05, 4.69) is 10.3 Å². The van der Waals surface area contributed by atoms with Crippen LogP contribution < -0.4 is 10.9 Å². The van der Waals surface area contributed by atoms with Crippen molar-refractivity contribution in [3.05, 3.63) is 101 Å². The smallest absolute Gasteiger partial charge is 0.261 e. The molecule has 5 heteroatoms. The Morgan fingerprint density at radius 2 is 1.71 bits per heavy atom. The van der Waals surface area contributed by atoms with Gasteiger partial charge < -0.3 is 9.73 Å². The number of hydrogen-bond acceptors (Lipinski definition) is 3. The molecule has 0 spiro atoms. The first-order valence-corrected chi connectivity index (χ1v) is 8.80. The zero-order valence-electron chi connectivity index (χ0n) is 15.1. The highest BCUT2D eigenvalue weighted by atomic mass is 19.1. The second kappa shape index (κ2) is 7.48. The molecular weight excluding hydrogens is 355 g/mol. The maximum absolute atomic E-state index is 13.6. The summed E-state index contributed by atoms with van der Waals surface area (Å²) in [6.07, 6.45) is 0. The largest absolute Gasteiger partial charge is 0.438 e. The third-order valence-corrected chi connectivity index (χ3v) is 4.30. The predicted octanol–water partition coefficient (Wildman–Crippen LogP) is 5.37. The van der Waals surface area contributed by atoms with Crippen LogP contribution >= 0.6 is 0 Å². The molecule has 1 heterocycles. The standard InChI is InChI=1S/C23H17FN2O2/c1-15-13-18(11-12-20(15)24)26-23-19(14-16-7-5-6-10-21(16)28-23)22(27)25-17-8-3-2-4-9-17/h2-14H,1H3,(H,25,27). The molecule has 1 aromatic heterocycles. The number of carbonyl (C=O) groups is 1. The Hall–Kier alpha value is -3.73. The van der Waals surface area contributed by atoms with Crippen LogP contribution in [0.25, 0.3) is 11.0 Å². The zero-order valence-corrected chi connectivity index (χ0v) is 15.1. The van der Waals surface area contributed by atoms with Crippen molar-refractivity contribution in [1.82, 2.24) is 0 Å². The molecule has 0 saturated carbocycles. The fourth-order valence-electron chi connectivity index (χ4n) is 2.85. The molecule has 4 rings (SSSR count). The summed E-state index contributed by atoms with van der Waals surface area (Å²) < 4.78 is 19.5. The first-order chi connectivity index (χ1) is 13.6. The Balaban J connectivity index is 1.85. The molecule has 0 radical (unpaired) electrons. The minimum atomic E-state index is -0.335. The van der Waals surface area contributed by atoms with E-state index < -0.39 is 0 Å². The van der Waals surface area contributed by atoms with Crippen LogP contribution in [-0.4, -0.2) is 5.91 Å². The topological polar surface area (TPSA) is 54.6 Å². The summed E-state index contributed by atoms with van der Waals surface area (Å²) in [4.78, 5) is 17.4. The number of rotatable bonds is 3. The van der Waals surface area contributed by atoms with Gasteiger partial charge in [0, 0.05) is 11.1 Å². The molecule has 0 fully saturated rings. The molecule has 4 nitrogen and oxygen atoms in total. The van der Waals surface area contributed by atoms with Crippen molar-refractivity contribution >= 4 is 28.3 Å². The van der Waals surface area contributed by atoms with Crippen molar-refractivity contribution in [3.63, 3.8) is 0 Å². The van der Waals surface area contributed by atoms with Crippen molar-refractivity contribution in [2.75, 3.05) is 5.32 Å². The van der Waals surface area contributed by atoms with Crippen LogP contribution in [0.2, 0.25) is 0 Å². The molecule has 1 amide bonds. The van der Waals surface area contributed by atoms with Crippen molar-refractivity contribution in [2.24, 2.45) is 4.99 Å². The minimum Gasteiger partial charge on any atom is -0.438 e. The van der Waals surface area contributed by atoms with Gasteiger partial charge in [-0.1, -0.05) is 36.4 Å². The van der Waals surface area contributed by atoms with E-state index in [1.807, 2.05) is 42.5 Å². The SMILES string of the molecule is Cc1cc(N=c2oc3ccccc3cc2C(=O)Nc2ccccc2)ccc1F. The third-order valence-electron chi connectivity index (χ3n) is 4.30. The van der Waals surface area contributed by atoms with Gasteiger partial charge in [-0.05, 0) is 55.0 Å². The van der Waals surface area contributed by atoms with Crippen LogP contribution in [0.4, 0.5) is 15.8 Å². The molecule has 28 heavy (non-hydrogen) atoms. The van der Waals surface area contributed by atoms with E-state index in [-0.39, 0.29) is 17.3 Å². The van der Waals surface area contributed by atoms with Gasteiger partial charge in [0.05, 0.1) is 5.69 Å². The maximum Gasteiger partial charge on any atom is 0.261 e. The number of anilines is 1. The lowest BCUT2D eigenvalue weighted by Gasteiger charge is -2.07. The summed E-state index contributed by atoms with van der Waals surface area (Å²) in [5.41, 5.74) is 2.72. The van der Waals surface area contributed by atoms with Gasteiger partial charge in [-0.2, -0.15) is 0 Å². The molecule has 0 aliphatic carbocycles. The number of para-hydroxylation sites is 2. The summed E-state index contributed by atoms with van der Waals surface area (Å²) in [6.45, 7) is 1.66. The van der Waals surface area contributed by atoms with Crippen molar-refractivity contribution in [2.45, 2.75) is 6.92 Å². The summed E-state index contributed by atoms with van der Waals surface area (Å²) >= 11 is 0. The third kappa shape index (κ3) is 3.69. The van der Waals surface area contributed by atoms with E-state index in [0.717, 1.165) is 5.39 Å². The van der Waals surface area contributed by atoms with Gasteiger partial charge in [0.2, 0.25) is 5.55 Å². The van der Waals surface area contributed by atoms with Gasteiger partial charge >= 0.3 is 0 Å². The molecule has 0 unspecified atom stereocenters. The molecule has 1 N–H and O–H groups in total. The Morgan fingerprint density at radius 1 is 0.964 bits per heavy atom. The summed E-state index contributed by atoms with van der Waals surface area (Å²) in [6, 6.07) is 22.8. The quantitative estimate of drug-likeness (QED) is 0.526. The highest BCUT2D eigenvalue weighted by molar-refractivity contribution is 6.05. The molecule has 138 valence electrons. The van der Waals surface area contributed by atoms with E-state index in [0.29, 0.717) is 28.1 Å². The van der Waals surface area contributed by atoms with Gasteiger partial charge in [0.25, 0.3) is 5.91 Å². The van der Waals surface area contributed by atoms with Crippen molar-refractivity contribution < 1.29 is 13.6 Å². The number of hydrogen-bond donors (Lipinski definition) is 1. The number of fused-ring (bicyclic) bond motifs is 1. The summed E-state index contributed by atoms with van der Waals surface area (Å²) in [5, 5.41) is 3.64. The molecular formula is C23H17FN2O2. The average Bonchev–Trinajstić information content (AvgIpc) is 2.71. The first kappa shape index (κ1) is 17.7. The highest BCUT2D eigenvalue weighted by Gasteiger charge is 2.13. The number of aryl methyl sites for hydroxylation is 1. The van der Waals surface area contributed by atoms with Crippen LogP contribution in [0.15, 0.2) is 88.3 Å². The predicted molar refractivity (Wildman–Crippen MR) is 107 cm³/mol.